The molecule has 80 valence electrons. The first-order valence-corrected chi connectivity index (χ1v) is 5.07. The Labute approximate surface area is 95.7 Å². The van der Waals surface area contributed by atoms with Crippen molar-refractivity contribution in [2.24, 2.45) is 0 Å². The van der Waals surface area contributed by atoms with Crippen molar-refractivity contribution in [1.29, 1.82) is 0 Å². The SMILES string of the molecule is C.O=C1c2ccccc2Cc2ccccc21. The molecule has 0 saturated heterocycles. The normalized spacial score (nSPS) is 12.4. The number of carbonyl (C=O) groups is 1. The van der Waals surface area contributed by atoms with E-state index in [2.05, 4.69) is 0 Å². The number of hydrogen-bond donors (Lipinski definition) is 0. The van der Waals surface area contributed by atoms with Crippen LogP contribution in [0.4, 0.5) is 0 Å². The summed E-state index contributed by atoms with van der Waals surface area (Å²) >= 11 is 0. The molecule has 0 bridgehead atoms. The highest BCUT2D eigenvalue weighted by atomic mass is 16.1. The van der Waals surface area contributed by atoms with E-state index in [0.29, 0.717) is 0 Å². The van der Waals surface area contributed by atoms with Gasteiger partial charge in [0, 0.05) is 11.1 Å². The van der Waals surface area contributed by atoms with E-state index in [1.165, 1.54) is 0 Å². The van der Waals surface area contributed by atoms with Gasteiger partial charge in [-0.3, -0.25) is 4.79 Å². The molecule has 1 aliphatic carbocycles. The highest BCUT2D eigenvalue weighted by molar-refractivity contribution is 6.12. The van der Waals surface area contributed by atoms with E-state index in [-0.39, 0.29) is 13.2 Å². The number of rotatable bonds is 0. The van der Waals surface area contributed by atoms with Gasteiger partial charge in [-0.25, -0.2) is 0 Å². The molecule has 16 heavy (non-hydrogen) atoms. The molecule has 0 atom stereocenters. The van der Waals surface area contributed by atoms with E-state index in [4.69, 9.17) is 0 Å². The second-order valence-electron chi connectivity index (χ2n) is 3.82. The molecule has 1 nitrogen and oxygen atoms in total. The lowest BCUT2D eigenvalue weighted by molar-refractivity contribution is 0.103. The molecular formula is C15H14O. The zero-order chi connectivity index (χ0) is 10.3. The minimum absolute atomic E-state index is 0. The third-order valence-electron chi connectivity index (χ3n) is 2.90. The van der Waals surface area contributed by atoms with E-state index in [9.17, 15) is 4.79 Å². The number of hydrogen-bond acceptors (Lipinski definition) is 1. The summed E-state index contributed by atoms with van der Waals surface area (Å²) in [4.78, 5) is 12.1. The standard InChI is InChI=1S/C14H10O.CH4/c15-14-12-7-3-1-5-10(12)9-11-6-2-4-8-13(11)14;/h1-8H,9H2;1H4. The smallest absolute Gasteiger partial charge is 0.193 e. The van der Waals surface area contributed by atoms with Crippen molar-refractivity contribution in [3.8, 4) is 0 Å². The molecule has 0 heterocycles. The molecule has 0 aromatic heterocycles. The quantitative estimate of drug-likeness (QED) is 0.555. The van der Waals surface area contributed by atoms with Crippen LogP contribution in [0.5, 0.6) is 0 Å². The van der Waals surface area contributed by atoms with Gasteiger partial charge in [-0.2, -0.15) is 0 Å². The Morgan fingerprint density at radius 2 is 1.19 bits per heavy atom. The molecule has 0 N–H and O–H groups in total. The number of ketones is 1. The van der Waals surface area contributed by atoms with Crippen LogP contribution in [0.1, 0.15) is 34.5 Å². The molecule has 0 spiro atoms. The maximum atomic E-state index is 12.1. The minimum Gasteiger partial charge on any atom is -0.289 e. The maximum Gasteiger partial charge on any atom is 0.193 e. The molecule has 0 unspecified atom stereocenters. The summed E-state index contributed by atoms with van der Waals surface area (Å²) in [6.45, 7) is 0. The van der Waals surface area contributed by atoms with Crippen molar-refractivity contribution in [1.82, 2.24) is 0 Å². The molecule has 0 fully saturated rings. The zero-order valence-electron chi connectivity index (χ0n) is 8.23. The molecule has 2 aromatic rings. The second-order valence-corrected chi connectivity index (χ2v) is 3.82. The van der Waals surface area contributed by atoms with E-state index in [0.717, 1.165) is 28.7 Å². The topological polar surface area (TPSA) is 17.1 Å². The molecule has 3 rings (SSSR count). The number of benzene rings is 2. The van der Waals surface area contributed by atoms with Gasteiger partial charge in [0.15, 0.2) is 5.78 Å². The summed E-state index contributed by atoms with van der Waals surface area (Å²) in [6.07, 6.45) is 0.873. The van der Waals surface area contributed by atoms with Crippen LogP contribution in [0.2, 0.25) is 0 Å². The Hall–Kier alpha value is -1.89. The van der Waals surface area contributed by atoms with Crippen molar-refractivity contribution in [2.45, 2.75) is 13.8 Å². The van der Waals surface area contributed by atoms with Crippen LogP contribution in [-0.2, 0) is 6.42 Å². The minimum atomic E-state index is 0. The van der Waals surface area contributed by atoms with Gasteiger partial charge >= 0.3 is 0 Å². The second kappa shape index (κ2) is 3.93. The average Bonchev–Trinajstić information content (AvgIpc) is 2.30. The molecule has 0 amide bonds. The molecule has 0 saturated carbocycles. The Morgan fingerprint density at radius 1 is 0.750 bits per heavy atom. The maximum absolute atomic E-state index is 12.1. The fourth-order valence-corrected chi connectivity index (χ4v) is 2.14. The summed E-state index contributed by atoms with van der Waals surface area (Å²) in [5, 5.41) is 0. The lowest BCUT2D eigenvalue weighted by Crippen LogP contribution is -2.14. The largest absolute Gasteiger partial charge is 0.289 e. The fourth-order valence-electron chi connectivity index (χ4n) is 2.14. The van der Waals surface area contributed by atoms with E-state index in [1.807, 2.05) is 48.5 Å². The van der Waals surface area contributed by atoms with Gasteiger partial charge in [-0.15, -0.1) is 0 Å². The summed E-state index contributed by atoms with van der Waals surface area (Å²) in [7, 11) is 0. The third-order valence-corrected chi connectivity index (χ3v) is 2.90. The molecule has 1 aliphatic rings. The molecule has 0 aliphatic heterocycles. The highest BCUT2D eigenvalue weighted by Crippen LogP contribution is 2.26. The third kappa shape index (κ3) is 1.45. The lowest BCUT2D eigenvalue weighted by atomic mass is 9.85. The molecule has 1 heteroatoms. The van der Waals surface area contributed by atoms with Crippen LogP contribution in [0.25, 0.3) is 0 Å². The van der Waals surface area contributed by atoms with Gasteiger partial charge in [-0.05, 0) is 17.5 Å². The van der Waals surface area contributed by atoms with Crippen molar-refractivity contribution in [3.63, 3.8) is 0 Å². The lowest BCUT2D eigenvalue weighted by Gasteiger charge is -2.17. The van der Waals surface area contributed by atoms with Gasteiger partial charge in [0.05, 0.1) is 0 Å². The summed E-state index contributed by atoms with van der Waals surface area (Å²) in [6, 6.07) is 15.7. The monoisotopic (exact) mass is 210 g/mol. The van der Waals surface area contributed by atoms with Crippen molar-refractivity contribution >= 4 is 5.78 Å². The van der Waals surface area contributed by atoms with Crippen LogP contribution in [0, 0.1) is 0 Å². The summed E-state index contributed by atoms with van der Waals surface area (Å²) in [5.41, 5.74) is 4.00. The predicted octanol–water partition coefficient (Wildman–Crippen LogP) is 3.46. The van der Waals surface area contributed by atoms with E-state index < -0.39 is 0 Å². The average molecular weight is 210 g/mol. The highest BCUT2D eigenvalue weighted by Gasteiger charge is 2.21. The zero-order valence-corrected chi connectivity index (χ0v) is 8.23. The Bertz CT molecular complexity index is 493. The first-order chi connectivity index (χ1) is 7.36. The van der Waals surface area contributed by atoms with E-state index in [1.54, 1.807) is 0 Å². The van der Waals surface area contributed by atoms with Crippen molar-refractivity contribution < 1.29 is 4.79 Å². The summed E-state index contributed by atoms with van der Waals surface area (Å²) in [5.74, 6) is 0.160. The molecule has 2 aromatic carbocycles. The first-order valence-electron chi connectivity index (χ1n) is 5.07. The van der Waals surface area contributed by atoms with Gasteiger partial charge in [-0.1, -0.05) is 56.0 Å². The van der Waals surface area contributed by atoms with Crippen LogP contribution >= 0.6 is 0 Å². The van der Waals surface area contributed by atoms with Gasteiger partial charge in [0.25, 0.3) is 0 Å². The van der Waals surface area contributed by atoms with Crippen LogP contribution in [0.15, 0.2) is 48.5 Å². The van der Waals surface area contributed by atoms with Crippen molar-refractivity contribution in [2.75, 3.05) is 0 Å². The van der Waals surface area contributed by atoms with Crippen molar-refractivity contribution in [3.05, 3.63) is 70.8 Å². The van der Waals surface area contributed by atoms with Gasteiger partial charge in [0.1, 0.15) is 0 Å². The fraction of sp³-hybridized carbons (Fsp3) is 0.133. The summed E-state index contributed by atoms with van der Waals surface area (Å²) < 4.78 is 0. The number of carbonyl (C=O) groups excluding carboxylic acids is 1. The van der Waals surface area contributed by atoms with Crippen LogP contribution < -0.4 is 0 Å². The number of fused-ring (bicyclic) bond motifs is 2. The Morgan fingerprint density at radius 3 is 1.69 bits per heavy atom. The van der Waals surface area contributed by atoms with Gasteiger partial charge in [0.2, 0.25) is 0 Å². The Kier molecular flexibility index (Phi) is 2.61. The predicted molar refractivity (Wildman–Crippen MR) is 65.9 cm³/mol. The van der Waals surface area contributed by atoms with Gasteiger partial charge < -0.3 is 0 Å². The van der Waals surface area contributed by atoms with Crippen LogP contribution in [-0.4, -0.2) is 5.78 Å². The molecular weight excluding hydrogens is 196 g/mol. The van der Waals surface area contributed by atoms with E-state index >= 15 is 0 Å². The van der Waals surface area contributed by atoms with Crippen LogP contribution in [0.3, 0.4) is 0 Å². The first kappa shape index (κ1) is 10.6. The Balaban J connectivity index is 0.000000963. The molecule has 0 radical (unpaired) electrons.